The number of hydrogen-bond acceptors (Lipinski definition) is 3. The fourth-order valence-electron chi connectivity index (χ4n) is 1.54. The molecule has 0 bridgehead atoms. The quantitative estimate of drug-likeness (QED) is 0.733. The van der Waals surface area contributed by atoms with Crippen LogP contribution in [-0.4, -0.2) is 31.7 Å². The molecular formula is C11H12BrIN2O2. The van der Waals surface area contributed by atoms with Crippen molar-refractivity contribution in [2.75, 3.05) is 25.1 Å². The van der Waals surface area contributed by atoms with E-state index in [9.17, 15) is 4.79 Å². The van der Waals surface area contributed by atoms with Crippen LogP contribution in [0.15, 0.2) is 22.7 Å². The summed E-state index contributed by atoms with van der Waals surface area (Å²) in [5.74, 6) is -0.0529. The number of ether oxygens (including phenoxy) is 1. The lowest BCUT2D eigenvalue weighted by Crippen LogP contribution is -2.48. The Bertz CT molecular complexity index is 422. The van der Waals surface area contributed by atoms with Gasteiger partial charge in [0, 0.05) is 20.3 Å². The van der Waals surface area contributed by atoms with Crippen molar-refractivity contribution in [2.45, 2.75) is 6.04 Å². The van der Waals surface area contributed by atoms with Gasteiger partial charge in [-0.05, 0) is 56.7 Å². The van der Waals surface area contributed by atoms with E-state index in [0.29, 0.717) is 13.2 Å². The SMILES string of the molecule is O=C(Nc1ccc(Br)c(I)c1)C1COCCN1. The fraction of sp³-hybridized carbons (Fsp3) is 0.364. The standard InChI is InChI=1S/C11H12BrIN2O2/c12-8-2-1-7(5-9(8)13)15-11(16)10-6-17-4-3-14-10/h1-2,5,10,14H,3-4,6H2,(H,15,16). The molecule has 17 heavy (non-hydrogen) atoms. The highest BCUT2D eigenvalue weighted by atomic mass is 127. The molecule has 0 saturated carbocycles. The predicted octanol–water partition coefficient (Wildman–Crippen LogP) is 1.98. The Kier molecular flexibility index (Phi) is 4.78. The molecule has 92 valence electrons. The number of benzene rings is 1. The van der Waals surface area contributed by atoms with E-state index in [1.807, 2.05) is 18.2 Å². The molecule has 1 aromatic rings. The summed E-state index contributed by atoms with van der Waals surface area (Å²) in [4.78, 5) is 11.9. The summed E-state index contributed by atoms with van der Waals surface area (Å²) >= 11 is 5.63. The van der Waals surface area contributed by atoms with Crippen molar-refractivity contribution in [1.82, 2.24) is 5.32 Å². The minimum atomic E-state index is -0.259. The first kappa shape index (κ1) is 13.3. The summed E-state index contributed by atoms with van der Waals surface area (Å²) < 4.78 is 7.34. The maximum absolute atomic E-state index is 11.9. The zero-order valence-corrected chi connectivity index (χ0v) is 12.7. The zero-order valence-electron chi connectivity index (χ0n) is 9.00. The van der Waals surface area contributed by atoms with Crippen LogP contribution >= 0.6 is 38.5 Å². The Hall–Kier alpha value is -0.180. The van der Waals surface area contributed by atoms with Crippen molar-refractivity contribution < 1.29 is 9.53 Å². The first-order chi connectivity index (χ1) is 8.16. The van der Waals surface area contributed by atoms with Crippen molar-refractivity contribution in [3.8, 4) is 0 Å². The second-order valence-corrected chi connectivity index (χ2v) is 5.72. The van der Waals surface area contributed by atoms with Gasteiger partial charge in [0.05, 0.1) is 13.2 Å². The number of hydrogen-bond donors (Lipinski definition) is 2. The molecule has 2 N–H and O–H groups in total. The molecule has 4 nitrogen and oxygen atoms in total. The second kappa shape index (κ2) is 6.12. The second-order valence-electron chi connectivity index (χ2n) is 3.70. The number of rotatable bonds is 2. The van der Waals surface area contributed by atoms with E-state index in [0.717, 1.165) is 20.3 Å². The van der Waals surface area contributed by atoms with Gasteiger partial charge in [0.25, 0.3) is 0 Å². The van der Waals surface area contributed by atoms with Crippen LogP contribution in [0.2, 0.25) is 0 Å². The number of halogens is 2. The molecule has 6 heteroatoms. The van der Waals surface area contributed by atoms with E-state index in [1.165, 1.54) is 0 Å². The first-order valence-corrected chi connectivity index (χ1v) is 7.11. The molecular weight excluding hydrogens is 399 g/mol. The molecule has 1 aliphatic heterocycles. The van der Waals surface area contributed by atoms with Crippen LogP contribution in [0.5, 0.6) is 0 Å². The summed E-state index contributed by atoms with van der Waals surface area (Å²) in [6.07, 6.45) is 0. The van der Waals surface area contributed by atoms with Gasteiger partial charge in [-0.25, -0.2) is 0 Å². The van der Waals surface area contributed by atoms with Crippen molar-refractivity contribution >= 4 is 50.1 Å². The summed E-state index contributed by atoms with van der Waals surface area (Å²) in [5, 5.41) is 5.99. The summed E-state index contributed by atoms with van der Waals surface area (Å²) in [7, 11) is 0. The van der Waals surface area contributed by atoms with Crippen LogP contribution in [0.4, 0.5) is 5.69 Å². The Balaban J connectivity index is 1.99. The number of nitrogens with one attached hydrogen (secondary N) is 2. The average Bonchev–Trinajstić information content (AvgIpc) is 2.35. The number of anilines is 1. The minimum absolute atomic E-state index is 0.0529. The van der Waals surface area contributed by atoms with Gasteiger partial charge in [0.2, 0.25) is 5.91 Å². The van der Waals surface area contributed by atoms with E-state index in [4.69, 9.17) is 4.74 Å². The predicted molar refractivity (Wildman–Crippen MR) is 78.1 cm³/mol. The largest absolute Gasteiger partial charge is 0.378 e. The molecule has 1 unspecified atom stereocenters. The first-order valence-electron chi connectivity index (χ1n) is 5.24. The molecule has 2 rings (SSSR count). The number of carbonyl (C=O) groups excluding carboxylic acids is 1. The van der Waals surface area contributed by atoms with E-state index in [-0.39, 0.29) is 11.9 Å². The van der Waals surface area contributed by atoms with Gasteiger partial charge in [-0.3, -0.25) is 4.79 Å². The van der Waals surface area contributed by atoms with Crippen molar-refractivity contribution in [3.05, 3.63) is 26.2 Å². The van der Waals surface area contributed by atoms with Gasteiger partial charge in [0.1, 0.15) is 6.04 Å². The van der Waals surface area contributed by atoms with Crippen LogP contribution in [0, 0.1) is 3.57 Å². The molecule has 1 heterocycles. The third-order valence-electron chi connectivity index (χ3n) is 2.43. The molecule has 1 amide bonds. The van der Waals surface area contributed by atoms with Crippen LogP contribution < -0.4 is 10.6 Å². The molecule has 0 aromatic heterocycles. The molecule has 1 saturated heterocycles. The van der Waals surface area contributed by atoms with E-state index < -0.39 is 0 Å². The summed E-state index contributed by atoms with van der Waals surface area (Å²) in [6, 6.07) is 5.45. The average molecular weight is 411 g/mol. The smallest absolute Gasteiger partial charge is 0.243 e. The monoisotopic (exact) mass is 410 g/mol. The van der Waals surface area contributed by atoms with Crippen LogP contribution in [0.1, 0.15) is 0 Å². The van der Waals surface area contributed by atoms with E-state index in [1.54, 1.807) is 0 Å². The topological polar surface area (TPSA) is 50.4 Å². The zero-order chi connectivity index (χ0) is 12.3. The molecule has 1 aliphatic rings. The Morgan fingerprint density at radius 1 is 1.59 bits per heavy atom. The van der Waals surface area contributed by atoms with Gasteiger partial charge in [0.15, 0.2) is 0 Å². The molecule has 1 aromatic carbocycles. The van der Waals surface area contributed by atoms with Crippen LogP contribution in [0.25, 0.3) is 0 Å². The molecule has 0 spiro atoms. The van der Waals surface area contributed by atoms with Gasteiger partial charge >= 0.3 is 0 Å². The van der Waals surface area contributed by atoms with Gasteiger partial charge in [-0.2, -0.15) is 0 Å². The third kappa shape index (κ3) is 3.64. The van der Waals surface area contributed by atoms with Gasteiger partial charge < -0.3 is 15.4 Å². The third-order valence-corrected chi connectivity index (χ3v) is 4.75. The van der Waals surface area contributed by atoms with E-state index >= 15 is 0 Å². The van der Waals surface area contributed by atoms with Crippen LogP contribution in [0.3, 0.4) is 0 Å². The Morgan fingerprint density at radius 3 is 3.06 bits per heavy atom. The number of amides is 1. The minimum Gasteiger partial charge on any atom is -0.378 e. The maximum Gasteiger partial charge on any atom is 0.243 e. The van der Waals surface area contributed by atoms with Crippen LogP contribution in [-0.2, 0) is 9.53 Å². The maximum atomic E-state index is 11.9. The Morgan fingerprint density at radius 2 is 2.41 bits per heavy atom. The molecule has 0 radical (unpaired) electrons. The fourth-order valence-corrected chi connectivity index (χ4v) is 2.30. The van der Waals surface area contributed by atoms with Crippen molar-refractivity contribution in [2.24, 2.45) is 0 Å². The lowest BCUT2D eigenvalue weighted by molar-refractivity contribution is -0.120. The number of carbonyl (C=O) groups is 1. The highest BCUT2D eigenvalue weighted by Gasteiger charge is 2.21. The van der Waals surface area contributed by atoms with Crippen molar-refractivity contribution in [1.29, 1.82) is 0 Å². The molecule has 1 fully saturated rings. The summed E-state index contributed by atoms with van der Waals surface area (Å²) in [6.45, 7) is 1.81. The number of morpholine rings is 1. The molecule has 1 atom stereocenters. The molecule has 0 aliphatic carbocycles. The lowest BCUT2D eigenvalue weighted by Gasteiger charge is -2.22. The normalized spacial score (nSPS) is 20.0. The highest BCUT2D eigenvalue weighted by molar-refractivity contribution is 14.1. The van der Waals surface area contributed by atoms with Gasteiger partial charge in [-0.15, -0.1) is 0 Å². The van der Waals surface area contributed by atoms with Crippen molar-refractivity contribution in [3.63, 3.8) is 0 Å². The summed E-state index contributed by atoms with van der Waals surface area (Å²) in [5.41, 5.74) is 0.801. The highest BCUT2D eigenvalue weighted by Crippen LogP contribution is 2.22. The Labute approximate surface area is 122 Å². The van der Waals surface area contributed by atoms with Gasteiger partial charge in [-0.1, -0.05) is 0 Å². The van der Waals surface area contributed by atoms with E-state index in [2.05, 4.69) is 49.2 Å². The lowest BCUT2D eigenvalue weighted by atomic mass is 10.2.